The number of aryl methyl sites for hydroxylation is 1. The van der Waals surface area contributed by atoms with E-state index in [1.165, 1.54) is 19.3 Å². The van der Waals surface area contributed by atoms with Crippen molar-refractivity contribution in [3.8, 4) is 5.75 Å². The molecular formula is C17H22O2. The van der Waals surface area contributed by atoms with E-state index < -0.39 is 0 Å². The van der Waals surface area contributed by atoms with Crippen LogP contribution in [0.15, 0.2) is 30.4 Å². The molecule has 0 saturated heterocycles. The summed E-state index contributed by atoms with van der Waals surface area (Å²) in [7, 11) is 0. The average molecular weight is 258 g/mol. The van der Waals surface area contributed by atoms with E-state index in [0.717, 1.165) is 24.2 Å². The Labute approximate surface area is 115 Å². The number of hydrogen-bond donors (Lipinski definition) is 0. The van der Waals surface area contributed by atoms with Gasteiger partial charge in [-0.05, 0) is 63.3 Å². The molecule has 2 nitrogen and oxygen atoms in total. The molecule has 0 aliphatic heterocycles. The van der Waals surface area contributed by atoms with Gasteiger partial charge in [0.2, 0.25) is 0 Å². The average Bonchev–Trinajstić information content (AvgIpc) is 2.32. The van der Waals surface area contributed by atoms with Crippen LogP contribution in [0, 0.1) is 6.92 Å². The third-order valence-electron chi connectivity index (χ3n) is 3.50. The Kier molecular flexibility index (Phi) is 4.78. The molecule has 0 aromatic heterocycles. The minimum atomic E-state index is 0.0600. The van der Waals surface area contributed by atoms with E-state index in [9.17, 15) is 4.79 Å². The topological polar surface area (TPSA) is 26.3 Å². The van der Waals surface area contributed by atoms with Gasteiger partial charge >= 0.3 is 0 Å². The molecule has 1 aromatic carbocycles. The predicted molar refractivity (Wildman–Crippen MR) is 77.8 cm³/mol. The first-order valence-electron chi connectivity index (χ1n) is 7.12. The van der Waals surface area contributed by atoms with Crippen molar-refractivity contribution in [2.45, 2.75) is 52.1 Å². The van der Waals surface area contributed by atoms with E-state index in [1.807, 2.05) is 25.1 Å². The molecule has 0 heterocycles. The fraction of sp³-hybridized carbons (Fsp3) is 0.471. The minimum absolute atomic E-state index is 0.0600. The van der Waals surface area contributed by atoms with Crippen LogP contribution in [-0.4, -0.2) is 11.9 Å². The Morgan fingerprint density at radius 2 is 2.11 bits per heavy atom. The van der Waals surface area contributed by atoms with Crippen LogP contribution < -0.4 is 4.74 Å². The molecule has 1 aliphatic carbocycles. The first-order chi connectivity index (χ1) is 9.16. The van der Waals surface area contributed by atoms with Crippen LogP contribution in [0.5, 0.6) is 5.75 Å². The molecule has 0 fully saturated rings. The molecule has 0 bridgehead atoms. The molecule has 1 aromatic rings. The van der Waals surface area contributed by atoms with Gasteiger partial charge in [0.05, 0.1) is 5.56 Å². The van der Waals surface area contributed by atoms with Gasteiger partial charge in [-0.25, -0.2) is 0 Å². The highest BCUT2D eigenvalue weighted by molar-refractivity contribution is 5.96. The zero-order valence-corrected chi connectivity index (χ0v) is 11.8. The predicted octanol–water partition coefficient (Wildman–Crippen LogP) is 4.47. The molecule has 2 rings (SSSR count). The first-order valence-corrected chi connectivity index (χ1v) is 7.12. The molecule has 0 N–H and O–H groups in total. The zero-order valence-electron chi connectivity index (χ0n) is 11.8. The van der Waals surface area contributed by atoms with Gasteiger partial charge in [0, 0.05) is 0 Å². The van der Waals surface area contributed by atoms with Crippen LogP contribution in [0.25, 0.3) is 0 Å². The van der Waals surface area contributed by atoms with Gasteiger partial charge in [0.25, 0.3) is 0 Å². The first kappa shape index (κ1) is 13.9. The number of allylic oxidation sites excluding steroid dienone is 1. The second kappa shape index (κ2) is 6.55. The van der Waals surface area contributed by atoms with E-state index in [-0.39, 0.29) is 11.9 Å². The molecule has 1 aliphatic rings. The SMILES string of the molecule is CC(=O)c1ccc(C)cc1OC1/C=C/CCCCC1. The lowest BCUT2D eigenvalue weighted by atomic mass is 10.0. The van der Waals surface area contributed by atoms with Gasteiger partial charge in [-0.1, -0.05) is 18.6 Å². The summed E-state index contributed by atoms with van der Waals surface area (Å²) in [5.74, 6) is 0.785. The van der Waals surface area contributed by atoms with Crippen molar-refractivity contribution in [2.75, 3.05) is 0 Å². The van der Waals surface area contributed by atoms with Crippen molar-refractivity contribution in [3.05, 3.63) is 41.5 Å². The summed E-state index contributed by atoms with van der Waals surface area (Å²) in [5.41, 5.74) is 1.80. The van der Waals surface area contributed by atoms with Gasteiger partial charge in [-0.2, -0.15) is 0 Å². The normalized spacial score (nSPS) is 21.3. The lowest BCUT2D eigenvalue weighted by Gasteiger charge is -2.19. The third kappa shape index (κ3) is 3.95. The molecule has 2 heteroatoms. The maximum Gasteiger partial charge on any atom is 0.163 e. The van der Waals surface area contributed by atoms with Crippen molar-refractivity contribution in [3.63, 3.8) is 0 Å². The second-order valence-electron chi connectivity index (χ2n) is 5.28. The number of hydrogen-bond acceptors (Lipinski definition) is 2. The smallest absolute Gasteiger partial charge is 0.163 e. The van der Waals surface area contributed by atoms with Crippen LogP contribution in [0.2, 0.25) is 0 Å². The van der Waals surface area contributed by atoms with E-state index in [1.54, 1.807) is 6.92 Å². The standard InChI is InChI=1S/C17H22O2/c1-13-10-11-16(14(2)18)17(12-13)19-15-8-6-4-3-5-7-9-15/h6,8,10-12,15H,3-5,7,9H2,1-2H3/b8-6+. The van der Waals surface area contributed by atoms with Crippen LogP contribution in [0.3, 0.4) is 0 Å². The summed E-state index contributed by atoms with van der Waals surface area (Å²) in [4.78, 5) is 11.6. The molecule has 0 amide bonds. The van der Waals surface area contributed by atoms with Crippen LogP contribution in [0.4, 0.5) is 0 Å². The summed E-state index contributed by atoms with van der Waals surface area (Å²) in [5, 5.41) is 0. The molecule has 0 spiro atoms. The van der Waals surface area contributed by atoms with E-state index in [0.29, 0.717) is 5.56 Å². The summed E-state index contributed by atoms with van der Waals surface area (Å²) < 4.78 is 6.06. The largest absolute Gasteiger partial charge is 0.486 e. The molecular weight excluding hydrogens is 236 g/mol. The van der Waals surface area contributed by atoms with Gasteiger partial charge in [-0.15, -0.1) is 0 Å². The lowest BCUT2D eigenvalue weighted by molar-refractivity contribution is 0.101. The van der Waals surface area contributed by atoms with Crippen LogP contribution in [0.1, 0.15) is 54.9 Å². The fourth-order valence-corrected chi connectivity index (χ4v) is 2.41. The van der Waals surface area contributed by atoms with E-state index in [2.05, 4.69) is 12.2 Å². The van der Waals surface area contributed by atoms with Crippen LogP contribution >= 0.6 is 0 Å². The highest BCUT2D eigenvalue weighted by atomic mass is 16.5. The van der Waals surface area contributed by atoms with Crippen molar-refractivity contribution in [1.29, 1.82) is 0 Å². The Balaban J connectivity index is 2.18. The van der Waals surface area contributed by atoms with E-state index in [4.69, 9.17) is 4.74 Å². The molecule has 0 saturated carbocycles. The lowest BCUT2D eigenvalue weighted by Crippen LogP contribution is -2.16. The van der Waals surface area contributed by atoms with Crippen LogP contribution in [-0.2, 0) is 0 Å². The molecule has 102 valence electrons. The number of carbonyl (C=O) groups excluding carboxylic acids is 1. The fourth-order valence-electron chi connectivity index (χ4n) is 2.41. The monoisotopic (exact) mass is 258 g/mol. The number of carbonyl (C=O) groups is 1. The van der Waals surface area contributed by atoms with Crippen molar-refractivity contribution in [1.82, 2.24) is 0 Å². The Morgan fingerprint density at radius 1 is 1.26 bits per heavy atom. The molecule has 1 atom stereocenters. The molecule has 1 unspecified atom stereocenters. The second-order valence-corrected chi connectivity index (χ2v) is 5.28. The minimum Gasteiger partial charge on any atom is -0.486 e. The maximum absolute atomic E-state index is 11.6. The summed E-state index contributed by atoms with van der Waals surface area (Å²) >= 11 is 0. The molecule has 19 heavy (non-hydrogen) atoms. The number of benzene rings is 1. The zero-order chi connectivity index (χ0) is 13.7. The number of rotatable bonds is 3. The number of ether oxygens (including phenoxy) is 1. The quantitative estimate of drug-likeness (QED) is 0.591. The maximum atomic E-state index is 11.6. The number of ketones is 1. The summed E-state index contributed by atoms with van der Waals surface area (Å²) in [6.07, 6.45) is 10.3. The Bertz CT molecular complexity index is 474. The van der Waals surface area contributed by atoms with Gasteiger partial charge in [0.1, 0.15) is 11.9 Å². The van der Waals surface area contributed by atoms with Crippen molar-refractivity contribution in [2.24, 2.45) is 0 Å². The van der Waals surface area contributed by atoms with Gasteiger partial charge in [0.15, 0.2) is 5.78 Å². The Morgan fingerprint density at radius 3 is 2.89 bits per heavy atom. The third-order valence-corrected chi connectivity index (χ3v) is 3.50. The highest BCUT2D eigenvalue weighted by Gasteiger charge is 2.14. The Hall–Kier alpha value is -1.57. The summed E-state index contributed by atoms with van der Waals surface area (Å²) in [6, 6.07) is 5.78. The van der Waals surface area contributed by atoms with Crippen molar-refractivity contribution < 1.29 is 9.53 Å². The summed E-state index contributed by atoms with van der Waals surface area (Å²) in [6.45, 7) is 3.61. The molecule has 0 radical (unpaired) electrons. The highest BCUT2D eigenvalue weighted by Crippen LogP contribution is 2.24. The van der Waals surface area contributed by atoms with Crippen molar-refractivity contribution >= 4 is 5.78 Å². The van der Waals surface area contributed by atoms with E-state index >= 15 is 0 Å². The number of Topliss-reactive ketones (excluding diaryl/α,β-unsaturated/α-hetero) is 1. The van der Waals surface area contributed by atoms with Gasteiger partial charge < -0.3 is 4.74 Å². The van der Waals surface area contributed by atoms with Gasteiger partial charge in [-0.3, -0.25) is 4.79 Å².